The molecule has 1 aromatic carbocycles. The van der Waals surface area contributed by atoms with Gasteiger partial charge in [0.1, 0.15) is 0 Å². The first kappa shape index (κ1) is 4.97. The fourth-order valence-corrected chi connectivity index (χ4v) is 0.497. The average molecular weight is 107 g/mol. The molecule has 0 aliphatic rings. The normalized spacial score (nSPS) is 9.00. The maximum Gasteiger partial charge on any atom is 0.0769 e. The molecule has 0 bridgehead atoms. The van der Waals surface area contributed by atoms with Crippen molar-refractivity contribution < 1.29 is 0 Å². The number of hydrogen-bond acceptors (Lipinski definition) is 1. The Morgan fingerprint density at radius 1 is 1.25 bits per heavy atom. The first-order valence-electron chi connectivity index (χ1n) is 2.37. The summed E-state index contributed by atoms with van der Waals surface area (Å²) in [7, 11) is 0. The molecule has 1 rings (SSSR count). The van der Waals surface area contributed by atoms with E-state index in [-0.39, 0.29) is 0 Å². The molecule has 0 aromatic heterocycles. The quantitative estimate of drug-likeness (QED) is 0.497. The Morgan fingerprint density at radius 2 is 1.88 bits per heavy atom. The third kappa shape index (κ3) is 0.729. The lowest BCUT2D eigenvalue weighted by Gasteiger charge is -1.92. The Hall–Kier alpha value is -1.18. The third-order valence-electron chi connectivity index (χ3n) is 0.961. The second kappa shape index (κ2) is 1.74. The van der Waals surface area contributed by atoms with Crippen molar-refractivity contribution in [1.82, 2.24) is 5.73 Å². The van der Waals surface area contributed by atoms with E-state index in [4.69, 9.17) is 11.5 Å². The fraction of sp³-hybridized carbons (Fsp3) is 0. The number of anilines is 1. The van der Waals surface area contributed by atoms with Crippen molar-refractivity contribution in [2.45, 2.75) is 0 Å². The van der Waals surface area contributed by atoms with E-state index in [1.165, 1.54) is 0 Å². The van der Waals surface area contributed by atoms with Crippen molar-refractivity contribution in [1.29, 1.82) is 0 Å². The SMILES string of the molecule is [NH]c1ccccc1N. The third-order valence-corrected chi connectivity index (χ3v) is 0.961. The molecule has 0 heterocycles. The van der Waals surface area contributed by atoms with Crippen molar-refractivity contribution in [2.24, 2.45) is 0 Å². The van der Waals surface area contributed by atoms with Gasteiger partial charge in [0, 0.05) is 0 Å². The van der Waals surface area contributed by atoms with Crippen LogP contribution in [0.25, 0.3) is 0 Å². The van der Waals surface area contributed by atoms with Gasteiger partial charge < -0.3 is 5.73 Å². The molecule has 0 aliphatic carbocycles. The fourth-order valence-electron chi connectivity index (χ4n) is 0.497. The zero-order valence-corrected chi connectivity index (χ0v) is 4.39. The Labute approximate surface area is 48.1 Å². The number of nitrogens with two attached hydrogens (primary N) is 1. The van der Waals surface area contributed by atoms with Gasteiger partial charge in [-0.05, 0) is 12.1 Å². The molecule has 1 radical (unpaired) electrons. The van der Waals surface area contributed by atoms with E-state index in [1.807, 2.05) is 6.07 Å². The van der Waals surface area contributed by atoms with Gasteiger partial charge in [0.15, 0.2) is 0 Å². The van der Waals surface area contributed by atoms with Crippen LogP contribution in [0.4, 0.5) is 11.4 Å². The van der Waals surface area contributed by atoms with Crippen molar-refractivity contribution in [3.8, 4) is 0 Å². The monoisotopic (exact) mass is 107 g/mol. The van der Waals surface area contributed by atoms with Crippen LogP contribution in [0.3, 0.4) is 0 Å². The van der Waals surface area contributed by atoms with Crippen LogP contribution in [-0.2, 0) is 0 Å². The highest BCUT2D eigenvalue weighted by molar-refractivity contribution is 5.59. The van der Waals surface area contributed by atoms with Crippen LogP contribution in [0.5, 0.6) is 0 Å². The largest absolute Gasteiger partial charge is 0.397 e. The number of benzene rings is 1. The smallest absolute Gasteiger partial charge is 0.0769 e. The summed E-state index contributed by atoms with van der Waals surface area (Å²) in [6.07, 6.45) is 0. The Morgan fingerprint density at radius 3 is 2.25 bits per heavy atom. The summed E-state index contributed by atoms with van der Waals surface area (Å²) in [6, 6.07) is 6.98. The number of nitrogen functional groups attached to an aromatic ring is 1. The van der Waals surface area contributed by atoms with Gasteiger partial charge in [-0.3, -0.25) is 5.73 Å². The molecule has 0 spiro atoms. The van der Waals surface area contributed by atoms with E-state index in [1.54, 1.807) is 18.2 Å². The average Bonchev–Trinajstić information content (AvgIpc) is 1.77. The molecular weight excluding hydrogens is 100 g/mol. The molecule has 0 aliphatic heterocycles. The van der Waals surface area contributed by atoms with E-state index in [0.29, 0.717) is 11.4 Å². The van der Waals surface area contributed by atoms with Crippen LogP contribution in [0.2, 0.25) is 0 Å². The molecular formula is C6H7N2. The van der Waals surface area contributed by atoms with Crippen molar-refractivity contribution in [3.05, 3.63) is 24.3 Å². The summed E-state index contributed by atoms with van der Waals surface area (Å²) >= 11 is 0. The zero-order chi connectivity index (χ0) is 5.98. The van der Waals surface area contributed by atoms with Crippen LogP contribution >= 0.6 is 0 Å². The van der Waals surface area contributed by atoms with Gasteiger partial charge in [-0.1, -0.05) is 12.1 Å². The van der Waals surface area contributed by atoms with Crippen LogP contribution in [0.1, 0.15) is 0 Å². The molecule has 2 heteroatoms. The number of nitrogens with one attached hydrogen (secondary N) is 1. The van der Waals surface area contributed by atoms with E-state index < -0.39 is 0 Å². The van der Waals surface area contributed by atoms with Gasteiger partial charge in [-0.15, -0.1) is 0 Å². The van der Waals surface area contributed by atoms with E-state index in [2.05, 4.69) is 0 Å². The molecule has 2 nitrogen and oxygen atoms in total. The van der Waals surface area contributed by atoms with Gasteiger partial charge in [-0.2, -0.15) is 0 Å². The zero-order valence-electron chi connectivity index (χ0n) is 4.39. The highest BCUT2D eigenvalue weighted by Crippen LogP contribution is 2.12. The molecule has 3 N–H and O–H groups in total. The van der Waals surface area contributed by atoms with Gasteiger partial charge in [0.2, 0.25) is 0 Å². The number of hydrogen-bond donors (Lipinski definition) is 1. The standard InChI is InChI=1S/C6H7N2/c7-5-3-1-2-4-6(5)8/h1-4,7H,8H2. The van der Waals surface area contributed by atoms with Crippen molar-refractivity contribution in [2.75, 3.05) is 5.73 Å². The Bertz CT molecular complexity index is 163. The highest BCUT2D eigenvalue weighted by atomic mass is 14.7. The summed E-state index contributed by atoms with van der Waals surface area (Å²) in [4.78, 5) is 0. The molecule has 8 heavy (non-hydrogen) atoms. The van der Waals surface area contributed by atoms with Gasteiger partial charge in [-0.25, -0.2) is 0 Å². The van der Waals surface area contributed by atoms with Crippen LogP contribution < -0.4 is 11.5 Å². The predicted molar refractivity (Wildman–Crippen MR) is 33.6 cm³/mol. The van der Waals surface area contributed by atoms with Crippen molar-refractivity contribution in [3.63, 3.8) is 0 Å². The molecule has 0 unspecified atom stereocenters. The number of para-hydroxylation sites is 1. The molecule has 1 aromatic rings. The lowest BCUT2D eigenvalue weighted by molar-refractivity contribution is 1.48. The summed E-state index contributed by atoms with van der Waals surface area (Å²) in [5, 5.41) is 0. The topological polar surface area (TPSA) is 49.8 Å². The second-order valence-corrected chi connectivity index (χ2v) is 1.59. The number of rotatable bonds is 0. The first-order chi connectivity index (χ1) is 3.80. The molecule has 41 valence electrons. The van der Waals surface area contributed by atoms with Crippen LogP contribution in [0.15, 0.2) is 24.3 Å². The Kier molecular flexibility index (Phi) is 1.08. The van der Waals surface area contributed by atoms with Crippen LogP contribution in [0, 0.1) is 0 Å². The molecule has 0 fully saturated rings. The summed E-state index contributed by atoms with van der Waals surface area (Å²) in [6.45, 7) is 0. The van der Waals surface area contributed by atoms with Gasteiger partial charge >= 0.3 is 0 Å². The molecule has 0 saturated carbocycles. The summed E-state index contributed by atoms with van der Waals surface area (Å²) < 4.78 is 0. The maximum atomic E-state index is 7.09. The lowest BCUT2D eigenvalue weighted by Crippen LogP contribution is -1.84. The van der Waals surface area contributed by atoms with E-state index in [9.17, 15) is 0 Å². The Balaban J connectivity index is 3.13. The minimum Gasteiger partial charge on any atom is -0.397 e. The molecule has 0 atom stereocenters. The lowest BCUT2D eigenvalue weighted by atomic mass is 10.3. The van der Waals surface area contributed by atoms with Gasteiger partial charge in [0.25, 0.3) is 0 Å². The van der Waals surface area contributed by atoms with E-state index in [0.717, 1.165) is 0 Å². The first-order valence-corrected chi connectivity index (χ1v) is 2.37. The molecule has 0 saturated heterocycles. The second-order valence-electron chi connectivity index (χ2n) is 1.59. The van der Waals surface area contributed by atoms with Crippen LogP contribution in [-0.4, -0.2) is 0 Å². The summed E-state index contributed by atoms with van der Waals surface area (Å²) in [5.74, 6) is 0. The summed E-state index contributed by atoms with van der Waals surface area (Å²) in [5.41, 5.74) is 13.4. The minimum atomic E-state index is 0.396. The maximum absolute atomic E-state index is 7.09. The minimum absolute atomic E-state index is 0.396. The van der Waals surface area contributed by atoms with Crippen molar-refractivity contribution >= 4 is 11.4 Å². The highest BCUT2D eigenvalue weighted by Gasteiger charge is 1.86. The van der Waals surface area contributed by atoms with E-state index >= 15 is 0 Å². The predicted octanol–water partition coefficient (Wildman–Crippen LogP) is 1.18. The molecule has 0 amide bonds. The van der Waals surface area contributed by atoms with Gasteiger partial charge in [0.05, 0.1) is 11.4 Å².